The lowest BCUT2D eigenvalue weighted by Crippen LogP contribution is -2.55. The highest BCUT2D eigenvalue weighted by Gasteiger charge is 2.43. The van der Waals surface area contributed by atoms with Crippen molar-refractivity contribution in [1.29, 1.82) is 0 Å². The van der Waals surface area contributed by atoms with Crippen molar-refractivity contribution in [3.63, 3.8) is 0 Å². The lowest BCUT2D eigenvalue weighted by atomic mass is 10.1. The smallest absolute Gasteiger partial charge is 0.226 e. The number of carbonyl (C=O) groups is 2. The van der Waals surface area contributed by atoms with Crippen molar-refractivity contribution >= 4 is 11.7 Å². The molecular formula is C12H23N3O6. The molecule has 7 N–H and O–H groups in total. The molecule has 0 spiro atoms. The second-order valence-electron chi connectivity index (χ2n) is 5.16. The molecule has 1 saturated heterocycles. The van der Waals surface area contributed by atoms with Crippen molar-refractivity contribution in [3.05, 3.63) is 0 Å². The van der Waals surface area contributed by atoms with Crippen LogP contribution in [0.4, 0.5) is 0 Å². The van der Waals surface area contributed by atoms with Gasteiger partial charge < -0.3 is 31.1 Å². The van der Waals surface area contributed by atoms with E-state index in [1.54, 1.807) is 6.92 Å². The molecule has 6 atom stereocenters. The van der Waals surface area contributed by atoms with Gasteiger partial charge in [0.2, 0.25) is 5.91 Å². The molecule has 6 unspecified atom stereocenters. The third-order valence-electron chi connectivity index (χ3n) is 3.36. The Labute approximate surface area is 122 Å². The van der Waals surface area contributed by atoms with Crippen LogP contribution in [0.5, 0.6) is 0 Å². The van der Waals surface area contributed by atoms with Gasteiger partial charge in [0.1, 0.15) is 30.3 Å². The molecule has 9 nitrogen and oxygen atoms in total. The third-order valence-corrected chi connectivity index (χ3v) is 3.36. The maximum absolute atomic E-state index is 11.8. The summed E-state index contributed by atoms with van der Waals surface area (Å²) in [5.74, 6) is -1.29. The Hall–Kier alpha value is -1.10. The van der Waals surface area contributed by atoms with Crippen molar-refractivity contribution in [2.24, 2.45) is 11.7 Å². The number of aliphatic hydroxyl groups is 3. The van der Waals surface area contributed by atoms with Gasteiger partial charge in [-0.1, -0.05) is 6.92 Å². The average Bonchev–Trinajstić information content (AvgIpc) is 2.71. The number of rotatable bonds is 7. The summed E-state index contributed by atoms with van der Waals surface area (Å²) in [4.78, 5) is 22.6. The van der Waals surface area contributed by atoms with Crippen LogP contribution in [0.1, 0.15) is 13.8 Å². The number of aliphatic hydroxyl groups excluding tert-OH is 3. The first-order valence-electron chi connectivity index (χ1n) is 6.69. The molecule has 0 saturated carbocycles. The molecule has 122 valence electrons. The van der Waals surface area contributed by atoms with Gasteiger partial charge in [0.15, 0.2) is 0 Å². The fourth-order valence-corrected chi connectivity index (χ4v) is 1.91. The summed E-state index contributed by atoms with van der Waals surface area (Å²) in [7, 11) is 0. The minimum Gasteiger partial charge on any atom is -0.394 e. The maximum atomic E-state index is 11.8. The van der Waals surface area contributed by atoms with Crippen molar-refractivity contribution in [2.45, 2.75) is 44.6 Å². The molecule has 0 radical (unpaired) electrons. The van der Waals surface area contributed by atoms with E-state index < -0.39 is 49.1 Å². The van der Waals surface area contributed by atoms with Crippen molar-refractivity contribution < 1.29 is 29.6 Å². The molecular weight excluding hydrogens is 282 g/mol. The van der Waals surface area contributed by atoms with Crippen molar-refractivity contribution in [3.8, 4) is 0 Å². The normalized spacial score (nSPS) is 31.7. The van der Waals surface area contributed by atoms with Crippen LogP contribution in [-0.2, 0) is 14.3 Å². The number of hydrogen-bond acceptors (Lipinski definition) is 8. The first-order valence-corrected chi connectivity index (χ1v) is 6.69. The maximum Gasteiger partial charge on any atom is 0.226 e. The van der Waals surface area contributed by atoms with Gasteiger partial charge in [-0.15, -0.1) is 0 Å². The molecule has 1 fully saturated rings. The molecule has 1 aliphatic rings. The van der Waals surface area contributed by atoms with Crippen LogP contribution in [0.15, 0.2) is 0 Å². The Kier molecular flexibility index (Phi) is 6.65. The van der Waals surface area contributed by atoms with Crippen LogP contribution >= 0.6 is 0 Å². The lowest BCUT2D eigenvalue weighted by Gasteiger charge is -2.25. The number of carbonyl (C=O) groups excluding carboxylic acids is 2. The summed E-state index contributed by atoms with van der Waals surface area (Å²) < 4.78 is 5.21. The number of nitrogens with two attached hydrogens (primary N) is 1. The summed E-state index contributed by atoms with van der Waals surface area (Å²) in [6.45, 7) is 2.38. The molecule has 0 aromatic heterocycles. The fourth-order valence-electron chi connectivity index (χ4n) is 1.91. The number of Topliss-reactive ketones (excluding diaryl/α,β-unsaturated/α-hetero) is 1. The van der Waals surface area contributed by atoms with Crippen LogP contribution in [0.3, 0.4) is 0 Å². The minimum atomic E-state index is -1.26. The average molecular weight is 305 g/mol. The Balaban J connectivity index is 2.50. The molecule has 0 bridgehead atoms. The van der Waals surface area contributed by atoms with Gasteiger partial charge in [-0.2, -0.15) is 0 Å². The Morgan fingerprint density at radius 1 is 1.33 bits per heavy atom. The number of ether oxygens (including phenoxy) is 1. The molecule has 0 aromatic carbocycles. The first-order chi connectivity index (χ1) is 9.77. The van der Waals surface area contributed by atoms with Gasteiger partial charge in [-0.3, -0.25) is 14.9 Å². The highest BCUT2D eigenvalue weighted by Crippen LogP contribution is 2.20. The Morgan fingerprint density at radius 2 is 1.95 bits per heavy atom. The summed E-state index contributed by atoms with van der Waals surface area (Å²) >= 11 is 0. The monoisotopic (exact) mass is 305 g/mol. The predicted octanol–water partition coefficient (Wildman–Crippen LogP) is -3.36. The molecule has 1 heterocycles. The van der Waals surface area contributed by atoms with Gasteiger partial charge in [-0.25, -0.2) is 0 Å². The summed E-state index contributed by atoms with van der Waals surface area (Å²) in [5, 5.41) is 33.4. The number of amides is 1. The standard InChI is InChI=1S/C12H23N3O6/c1-5(17)3-14-11(20)6(2)10(13)15-12-9(19)8(18)7(4-16)21-12/h6-10,12,15-16,18-19H,3-4,13H2,1-2H3,(H,14,20). The Morgan fingerprint density at radius 3 is 2.43 bits per heavy atom. The molecule has 0 aromatic rings. The number of ketones is 1. The summed E-state index contributed by atoms with van der Waals surface area (Å²) in [5.41, 5.74) is 5.81. The number of nitrogens with one attached hydrogen (secondary N) is 2. The summed E-state index contributed by atoms with van der Waals surface area (Å²) in [6, 6.07) is 0. The van der Waals surface area contributed by atoms with E-state index in [1.165, 1.54) is 6.92 Å². The molecule has 1 amide bonds. The zero-order valence-electron chi connectivity index (χ0n) is 12.0. The predicted molar refractivity (Wildman–Crippen MR) is 71.7 cm³/mol. The molecule has 1 rings (SSSR count). The highest BCUT2D eigenvalue weighted by atomic mass is 16.6. The van der Waals surface area contributed by atoms with E-state index in [9.17, 15) is 19.8 Å². The van der Waals surface area contributed by atoms with Gasteiger partial charge in [0.05, 0.1) is 25.2 Å². The van der Waals surface area contributed by atoms with Crippen LogP contribution < -0.4 is 16.4 Å². The topological polar surface area (TPSA) is 154 Å². The van der Waals surface area contributed by atoms with Crippen LogP contribution in [0.2, 0.25) is 0 Å². The third kappa shape index (κ3) is 4.70. The zero-order chi connectivity index (χ0) is 16.2. The van der Waals surface area contributed by atoms with E-state index in [0.29, 0.717) is 0 Å². The van der Waals surface area contributed by atoms with Crippen LogP contribution in [-0.4, -0.2) is 70.9 Å². The largest absolute Gasteiger partial charge is 0.394 e. The first kappa shape index (κ1) is 18.0. The van der Waals surface area contributed by atoms with Crippen molar-refractivity contribution in [1.82, 2.24) is 10.6 Å². The second-order valence-corrected chi connectivity index (χ2v) is 5.16. The Bertz CT molecular complexity index is 380. The SMILES string of the molecule is CC(=O)CNC(=O)C(C)C(N)NC1OC(CO)C(O)C1O. The summed E-state index contributed by atoms with van der Waals surface area (Å²) in [6.07, 6.45) is -5.26. The van der Waals surface area contributed by atoms with Gasteiger partial charge >= 0.3 is 0 Å². The van der Waals surface area contributed by atoms with E-state index in [2.05, 4.69) is 10.6 Å². The lowest BCUT2D eigenvalue weighted by molar-refractivity contribution is -0.128. The molecule has 1 aliphatic heterocycles. The van der Waals surface area contributed by atoms with E-state index in [-0.39, 0.29) is 12.3 Å². The minimum absolute atomic E-state index is 0.0796. The van der Waals surface area contributed by atoms with Gasteiger partial charge in [-0.05, 0) is 6.92 Å². The number of hydrogen-bond donors (Lipinski definition) is 6. The van der Waals surface area contributed by atoms with Gasteiger partial charge in [0.25, 0.3) is 0 Å². The zero-order valence-corrected chi connectivity index (χ0v) is 12.0. The fraction of sp³-hybridized carbons (Fsp3) is 0.833. The highest BCUT2D eigenvalue weighted by molar-refractivity contribution is 5.85. The van der Waals surface area contributed by atoms with E-state index >= 15 is 0 Å². The van der Waals surface area contributed by atoms with Crippen LogP contribution in [0, 0.1) is 5.92 Å². The van der Waals surface area contributed by atoms with E-state index in [4.69, 9.17) is 15.6 Å². The van der Waals surface area contributed by atoms with Crippen molar-refractivity contribution in [2.75, 3.05) is 13.2 Å². The molecule has 0 aliphatic carbocycles. The van der Waals surface area contributed by atoms with Gasteiger partial charge in [0, 0.05) is 0 Å². The second kappa shape index (κ2) is 7.78. The molecule has 21 heavy (non-hydrogen) atoms. The van der Waals surface area contributed by atoms with E-state index in [0.717, 1.165) is 0 Å². The molecule has 9 heteroatoms. The van der Waals surface area contributed by atoms with E-state index in [1.807, 2.05) is 0 Å². The van der Waals surface area contributed by atoms with Crippen LogP contribution in [0.25, 0.3) is 0 Å². The quantitative estimate of drug-likeness (QED) is 0.267.